The summed E-state index contributed by atoms with van der Waals surface area (Å²) >= 11 is 0. The molecule has 0 bridgehead atoms. The summed E-state index contributed by atoms with van der Waals surface area (Å²) in [5.41, 5.74) is 2.23. The first kappa shape index (κ1) is 8.30. The van der Waals surface area contributed by atoms with E-state index in [4.69, 9.17) is 4.52 Å². The highest BCUT2D eigenvalue weighted by molar-refractivity contribution is 5.80. The van der Waals surface area contributed by atoms with Crippen LogP contribution in [0, 0.1) is 0 Å². The van der Waals surface area contributed by atoms with E-state index in [1.807, 2.05) is 12.1 Å². The molecule has 2 heteroatoms. The molecule has 0 aliphatic heterocycles. The number of fused-ring (bicyclic) bond motifs is 1. The lowest BCUT2D eigenvalue weighted by molar-refractivity contribution is 0.446. The third-order valence-corrected chi connectivity index (χ3v) is 2.19. The molecule has 2 aromatic rings. The van der Waals surface area contributed by atoms with E-state index in [0.29, 0.717) is 0 Å². The first-order valence-electron chi connectivity index (χ1n) is 4.43. The molecule has 2 rings (SSSR count). The molecular weight excluding hydrogens is 162 g/mol. The van der Waals surface area contributed by atoms with Crippen LogP contribution in [0.5, 0.6) is 0 Å². The number of hydrogen-bond donors (Lipinski definition) is 0. The Morgan fingerprint density at radius 2 is 2.00 bits per heavy atom. The predicted molar refractivity (Wildman–Crippen MR) is 52.7 cm³/mol. The van der Waals surface area contributed by atoms with Crippen molar-refractivity contribution in [3.8, 4) is 0 Å². The molecule has 0 atom stereocenters. The zero-order valence-corrected chi connectivity index (χ0v) is 8.16. The molecule has 13 heavy (non-hydrogen) atoms. The van der Waals surface area contributed by atoms with Crippen LogP contribution in [-0.2, 0) is 5.41 Å². The van der Waals surface area contributed by atoms with Gasteiger partial charge in [0.05, 0.1) is 6.20 Å². The van der Waals surface area contributed by atoms with Gasteiger partial charge in [-0.15, -0.1) is 0 Å². The van der Waals surface area contributed by atoms with Gasteiger partial charge in [0.25, 0.3) is 0 Å². The second-order valence-electron chi connectivity index (χ2n) is 4.30. The Hall–Kier alpha value is -1.31. The van der Waals surface area contributed by atoms with Crippen LogP contribution in [0.4, 0.5) is 0 Å². The van der Waals surface area contributed by atoms with Gasteiger partial charge >= 0.3 is 0 Å². The highest BCUT2D eigenvalue weighted by atomic mass is 16.5. The molecule has 0 amide bonds. The molecule has 1 heterocycles. The zero-order valence-electron chi connectivity index (χ0n) is 8.16. The second kappa shape index (κ2) is 2.59. The Bertz CT molecular complexity index is 423. The molecule has 0 N–H and O–H groups in total. The minimum Gasteiger partial charge on any atom is -0.356 e. The van der Waals surface area contributed by atoms with Crippen LogP contribution < -0.4 is 0 Å². The third-order valence-electron chi connectivity index (χ3n) is 2.19. The van der Waals surface area contributed by atoms with Crippen molar-refractivity contribution >= 4 is 11.0 Å². The summed E-state index contributed by atoms with van der Waals surface area (Å²) in [6.07, 6.45) is 1.75. The Labute approximate surface area is 77.5 Å². The van der Waals surface area contributed by atoms with E-state index < -0.39 is 0 Å². The van der Waals surface area contributed by atoms with Gasteiger partial charge in [-0.2, -0.15) is 0 Å². The Balaban J connectivity index is 2.75. The first-order chi connectivity index (χ1) is 6.09. The molecule has 0 aliphatic carbocycles. The average Bonchev–Trinajstić information content (AvgIpc) is 2.48. The zero-order chi connectivity index (χ0) is 9.47. The number of nitrogens with zero attached hydrogens (tertiary/aromatic N) is 1. The van der Waals surface area contributed by atoms with Gasteiger partial charge in [-0.25, -0.2) is 0 Å². The standard InChI is InChI=1S/C11H13NO/c1-11(2,3)9-6-4-5-8-7-12-13-10(8)9/h4-7H,1-3H3. The van der Waals surface area contributed by atoms with Crippen LogP contribution in [0.15, 0.2) is 28.9 Å². The minimum absolute atomic E-state index is 0.110. The molecule has 2 nitrogen and oxygen atoms in total. The van der Waals surface area contributed by atoms with Crippen molar-refractivity contribution in [1.82, 2.24) is 5.16 Å². The lowest BCUT2D eigenvalue weighted by Crippen LogP contribution is -2.10. The number of rotatable bonds is 0. The van der Waals surface area contributed by atoms with E-state index in [1.165, 1.54) is 5.56 Å². The van der Waals surface area contributed by atoms with Crippen molar-refractivity contribution in [2.75, 3.05) is 0 Å². The fourth-order valence-electron chi connectivity index (χ4n) is 1.48. The van der Waals surface area contributed by atoms with Gasteiger partial charge in [-0.3, -0.25) is 0 Å². The second-order valence-corrected chi connectivity index (χ2v) is 4.30. The lowest BCUT2D eigenvalue weighted by atomic mass is 9.86. The van der Waals surface area contributed by atoms with Gasteiger partial charge in [0.15, 0.2) is 5.58 Å². The van der Waals surface area contributed by atoms with Gasteiger partial charge in [-0.05, 0) is 11.5 Å². The van der Waals surface area contributed by atoms with Crippen LogP contribution in [0.1, 0.15) is 26.3 Å². The van der Waals surface area contributed by atoms with Gasteiger partial charge < -0.3 is 4.52 Å². The number of hydrogen-bond acceptors (Lipinski definition) is 2. The largest absolute Gasteiger partial charge is 0.356 e. The topological polar surface area (TPSA) is 26.0 Å². The predicted octanol–water partition coefficient (Wildman–Crippen LogP) is 3.13. The average molecular weight is 175 g/mol. The maximum Gasteiger partial charge on any atom is 0.170 e. The molecule has 0 aliphatic rings. The molecule has 1 aromatic carbocycles. The fourth-order valence-corrected chi connectivity index (χ4v) is 1.48. The fraction of sp³-hybridized carbons (Fsp3) is 0.364. The van der Waals surface area contributed by atoms with Crippen LogP contribution in [0.3, 0.4) is 0 Å². The molecule has 0 saturated carbocycles. The molecular formula is C11H13NO. The molecule has 0 fully saturated rings. The third kappa shape index (κ3) is 1.32. The van der Waals surface area contributed by atoms with Crippen molar-refractivity contribution in [2.24, 2.45) is 0 Å². The van der Waals surface area contributed by atoms with E-state index in [2.05, 4.69) is 32.0 Å². The lowest BCUT2D eigenvalue weighted by Gasteiger charge is -2.18. The Morgan fingerprint density at radius 1 is 1.23 bits per heavy atom. The summed E-state index contributed by atoms with van der Waals surface area (Å²) in [7, 11) is 0. The van der Waals surface area contributed by atoms with Gasteiger partial charge in [0, 0.05) is 10.9 Å². The minimum atomic E-state index is 0.110. The molecule has 0 radical (unpaired) electrons. The number of aromatic nitrogens is 1. The van der Waals surface area contributed by atoms with Crippen LogP contribution >= 0.6 is 0 Å². The normalized spacial score (nSPS) is 12.2. The van der Waals surface area contributed by atoms with Crippen LogP contribution in [0.2, 0.25) is 0 Å². The van der Waals surface area contributed by atoms with Crippen molar-refractivity contribution in [2.45, 2.75) is 26.2 Å². The summed E-state index contributed by atoms with van der Waals surface area (Å²) in [5.74, 6) is 0. The summed E-state index contributed by atoms with van der Waals surface area (Å²) in [5, 5.41) is 4.88. The highest BCUT2D eigenvalue weighted by Crippen LogP contribution is 2.29. The molecule has 0 saturated heterocycles. The smallest absolute Gasteiger partial charge is 0.170 e. The molecule has 68 valence electrons. The number of benzene rings is 1. The van der Waals surface area contributed by atoms with Crippen molar-refractivity contribution in [3.05, 3.63) is 30.0 Å². The first-order valence-corrected chi connectivity index (χ1v) is 4.43. The summed E-state index contributed by atoms with van der Waals surface area (Å²) in [6.45, 7) is 6.51. The van der Waals surface area contributed by atoms with Crippen LogP contribution in [-0.4, -0.2) is 5.16 Å². The molecule has 1 aromatic heterocycles. The van der Waals surface area contributed by atoms with E-state index >= 15 is 0 Å². The van der Waals surface area contributed by atoms with Crippen molar-refractivity contribution in [1.29, 1.82) is 0 Å². The van der Waals surface area contributed by atoms with Gasteiger partial charge in [0.2, 0.25) is 0 Å². The van der Waals surface area contributed by atoms with Crippen LogP contribution in [0.25, 0.3) is 11.0 Å². The summed E-state index contributed by atoms with van der Waals surface area (Å²) in [4.78, 5) is 0. The quantitative estimate of drug-likeness (QED) is 0.614. The summed E-state index contributed by atoms with van der Waals surface area (Å²) in [6, 6.07) is 6.15. The van der Waals surface area contributed by atoms with E-state index in [1.54, 1.807) is 6.20 Å². The maximum atomic E-state index is 5.23. The summed E-state index contributed by atoms with van der Waals surface area (Å²) < 4.78 is 5.23. The van der Waals surface area contributed by atoms with Crippen molar-refractivity contribution in [3.63, 3.8) is 0 Å². The Kier molecular flexibility index (Phi) is 1.65. The highest BCUT2D eigenvalue weighted by Gasteiger charge is 2.18. The van der Waals surface area contributed by atoms with E-state index in [9.17, 15) is 0 Å². The van der Waals surface area contributed by atoms with E-state index in [-0.39, 0.29) is 5.41 Å². The molecule has 0 unspecified atom stereocenters. The maximum absolute atomic E-state index is 5.23. The van der Waals surface area contributed by atoms with Gasteiger partial charge in [-0.1, -0.05) is 38.1 Å². The van der Waals surface area contributed by atoms with Gasteiger partial charge in [0.1, 0.15) is 0 Å². The number of para-hydroxylation sites is 1. The SMILES string of the molecule is CC(C)(C)c1cccc2cnoc12. The van der Waals surface area contributed by atoms with Crippen molar-refractivity contribution < 1.29 is 4.52 Å². The monoisotopic (exact) mass is 175 g/mol. The molecule has 0 spiro atoms. The Morgan fingerprint density at radius 3 is 2.69 bits per heavy atom. The van der Waals surface area contributed by atoms with E-state index in [0.717, 1.165) is 11.0 Å².